The fourth-order valence-corrected chi connectivity index (χ4v) is 4.27. The Hall–Kier alpha value is -3.03. The first-order valence-corrected chi connectivity index (χ1v) is 9.97. The summed E-state index contributed by atoms with van der Waals surface area (Å²) in [6.07, 6.45) is 0.510. The van der Waals surface area contributed by atoms with Crippen LogP contribution in [0.5, 0.6) is 0 Å². The highest BCUT2D eigenvalue weighted by atomic mass is 16.6. The second-order valence-electron chi connectivity index (χ2n) is 8.68. The molecule has 168 valence electrons. The number of hydrogen-bond donors (Lipinski definition) is 0. The number of nitrogens with zero attached hydrogens (tertiary/aromatic N) is 3. The smallest absolute Gasteiger partial charge is 0.360 e. The van der Waals surface area contributed by atoms with Crippen molar-refractivity contribution in [3.05, 3.63) is 35.4 Å². The highest BCUT2D eigenvalue weighted by Gasteiger charge is 2.77. The molecule has 31 heavy (non-hydrogen) atoms. The largest absolute Gasteiger partial charge is 0.464 e. The maximum atomic E-state index is 12.1. The van der Waals surface area contributed by atoms with E-state index in [9.17, 15) is 9.59 Å². The van der Waals surface area contributed by atoms with E-state index in [4.69, 9.17) is 14.4 Å². The molecule has 0 aliphatic heterocycles. The van der Waals surface area contributed by atoms with Gasteiger partial charge in [-0.25, -0.2) is 9.79 Å². The lowest BCUT2D eigenvalue weighted by Crippen LogP contribution is -2.27. The van der Waals surface area contributed by atoms with Crippen LogP contribution in [0.4, 0.5) is 0 Å². The Balaban J connectivity index is 2.39. The number of hydrogen-bond acceptors (Lipinski definition) is 7. The minimum absolute atomic E-state index is 0.0310. The zero-order chi connectivity index (χ0) is 23.4. The summed E-state index contributed by atoms with van der Waals surface area (Å²) in [4.78, 5) is 37.6. The molecule has 1 amide bonds. The van der Waals surface area contributed by atoms with Crippen LogP contribution in [-0.2, 0) is 30.6 Å². The Bertz CT molecular complexity index is 930. The van der Waals surface area contributed by atoms with Gasteiger partial charge in [0.2, 0.25) is 6.41 Å². The second-order valence-corrected chi connectivity index (χ2v) is 8.68. The average molecular weight is 430 g/mol. The number of carbonyl (C=O) groups is 2. The molecule has 0 N–H and O–H groups in total. The van der Waals surface area contributed by atoms with Gasteiger partial charge in [-0.15, -0.1) is 0 Å². The Morgan fingerprint density at radius 3 is 2.16 bits per heavy atom. The number of ether oxygens (including phenoxy) is 1. The van der Waals surface area contributed by atoms with E-state index in [1.807, 2.05) is 6.07 Å². The van der Waals surface area contributed by atoms with E-state index in [2.05, 4.69) is 49.9 Å². The zero-order valence-corrected chi connectivity index (χ0v) is 19.5. The average Bonchev–Trinajstić information content (AvgIpc) is 3.05. The van der Waals surface area contributed by atoms with Crippen molar-refractivity contribution in [1.29, 1.82) is 0 Å². The number of amides is 1. The molecular weight excluding hydrogens is 398 g/mol. The SMILES string of the molecule is CO/N=C(\C(=O)OC)c1ccccc1CO/N=C(/C(C)=NC=O)C1(C)C(C)(C)C1(C)C. The normalized spacial score (nSPS) is 19.4. The maximum Gasteiger partial charge on any atom is 0.360 e. The predicted molar refractivity (Wildman–Crippen MR) is 119 cm³/mol. The zero-order valence-electron chi connectivity index (χ0n) is 19.5. The van der Waals surface area contributed by atoms with Crippen molar-refractivity contribution < 1.29 is 24.0 Å². The van der Waals surface area contributed by atoms with Crippen molar-refractivity contribution >= 4 is 29.5 Å². The van der Waals surface area contributed by atoms with Crippen LogP contribution >= 0.6 is 0 Å². The number of esters is 1. The Kier molecular flexibility index (Phi) is 7.03. The van der Waals surface area contributed by atoms with Crippen LogP contribution in [0.15, 0.2) is 39.6 Å². The van der Waals surface area contributed by atoms with E-state index in [1.54, 1.807) is 25.1 Å². The number of aliphatic imine (C=N–C) groups is 1. The molecule has 0 spiro atoms. The molecule has 0 heterocycles. The summed E-state index contributed by atoms with van der Waals surface area (Å²) in [6, 6.07) is 7.13. The fraction of sp³-hybridized carbons (Fsp3) is 0.522. The molecule has 8 heteroatoms. The monoisotopic (exact) mass is 429 g/mol. The highest BCUT2D eigenvalue weighted by Crippen LogP contribution is 2.78. The summed E-state index contributed by atoms with van der Waals surface area (Å²) < 4.78 is 4.81. The van der Waals surface area contributed by atoms with Crippen molar-refractivity contribution in [1.82, 2.24) is 0 Å². The third-order valence-corrected chi connectivity index (χ3v) is 7.27. The van der Waals surface area contributed by atoms with Crippen molar-refractivity contribution in [3.8, 4) is 0 Å². The van der Waals surface area contributed by atoms with Gasteiger partial charge in [0, 0.05) is 16.5 Å². The lowest BCUT2D eigenvalue weighted by atomic mass is 9.88. The van der Waals surface area contributed by atoms with Crippen molar-refractivity contribution in [2.24, 2.45) is 31.5 Å². The molecular formula is C23H31N3O5. The molecule has 0 radical (unpaired) electrons. The lowest BCUT2D eigenvalue weighted by Gasteiger charge is -2.18. The van der Waals surface area contributed by atoms with E-state index >= 15 is 0 Å². The molecule has 0 unspecified atom stereocenters. The first-order chi connectivity index (χ1) is 14.5. The van der Waals surface area contributed by atoms with E-state index in [0.29, 0.717) is 29.0 Å². The standard InChI is InChI=1S/C23H31N3O5/c1-15(24-14-27)19(23(6)21(2,3)22(23,4)5)26-31-13-16-11-9-10-12-17(16)18(25-30-8)20(28)29-7/h9-12,14H,13H2,1-8H3/b24-15?,25-18-,26-19-. The molecule has 0 atom stereocenters. The third kappa shape index (κ3) is 3.98. The number of rotatable bonds is 9. The van der Waals surface area contributed by atoms with Crippen molar-refractivity contribution in [2.45, 2.75) is 48.1 Å². The first kappa shape index (κ1) is 24.2. The molecule has 1 aromatic rings. The van der Waals surface area contributed by atoms with Gasteiger partial charge >= 0.3 is 5.97 Å². The summed E-state index contributed by atoms with van der Waals surface area (Å²) in [5.41, 5.74) is 1.91. The number of carbonyl (C=O) groups excluding carboxylic acids is 2. The van der Waals surface area contributed by atoms with Gasteiger partial charge in [-0.3, -0.25) is 4.79 Å². The first-order valence-electron chi connectivity index (χ1n) is 9.97. The van der Waals surface area contributed by atoms with E-state index in [1.165, 1.54) is 14.2 Å². The molecule has 1 fully saturated rings. The van der Waals surface area contributed by atoms with E-state index < -0.39 is 5.97 Å². The minimum atomic E-state index is -0.624. The molecule has 0 saturated heterocycles. The van der Waals surface area contributed by atoms with Crippen LogP contribution in [0.25, 0.3) is 0 Å². The molecule has 0 aromatic heterocycles. The van der Waals surface area contributed by atoms with Gasteiger partial charge in [-0.1, -0.05) is 69.2 Å². The summed E-state index contributed by atoms with van der Waals surface area (Å²) in [5.74, 6) is -0.624. The predicted octanol–water partition coefficient (Wildman–Crippen LogP) is 3.77. The van der Waals surface area contributed by atoms with Crippen LogP contribution in [0.1, 0.15) is 52.7 Å². The second kappa shape index (κ2) is 8.99. The van der Waals surface area contributed by atoms with Gasteiger partial charge in [0.25, 0.3) is 0 Å². The molecule has 1 aliphatic rings. The Morgan fingerprint density at radius 2 is 1.65 bits per heavy atom. The molecule has 8 nitrogen and oxygen atoms in total. The molecule has 1 aromatic carbocycles. The number of methoxy groups -OCH3 is 1. The van der Waals surface area contributed by atoms with Gasteiger partial charge in [0.1, 0.15) is 19.4 Å². The van der Waals surface area contributed by atoms with Crippen LogP contribution in [0.3, 0.4) is 0 Å². The van der Waals surface area contributed by atoms with Crippen LogP contribution in [-0.4, -0.2) is 43.7 Å². The van der Waals surface area contributed by atoms with Gasteiger partial charge in [0.05, 0.1) is 12.8 Å². The van der Waals surface area contributed by atoms with Crippen LogP contribution in [0.2, 0.25) is 0 Å². The highest BCUT2D eigenvalue weighted by molar-refractivity contribution is 6.45. The van der Waals surface area contributed by atoms with Gasteiger partial charge in [0.15, 0.2) is 5.71 Å². The molecule has 2 rings (SSSR count). The van der Waals surface area contributed by atoms with Crippen LogP contribution < -0.4 is 0 Å². The maximum absolute atomic E-state index is 12.1. The lowest BCUT2D eigenvalue weighted by molar-refractivity contribution is -0.132. The quantitative estimate of drug-likeness (QED) is 0.257. The van der Waals surface area contributed by atoms with E-state index in [-0.39, 0.29) is 28.6 Å². The summed E-state index contributed by atoms with van der Waals surface area (Å²) in [7, 11) is 2.63. The molecule has 1 saturated carbocycles. The third-order valence-electron chi connectivity index (χ3n) is 7.27. The molecule has 0 bridgehead atoms. The fourth-order valence-electron chi connectivity index (χ4n) is 4.27. The summed E-state index contributed by atoms with van der Waals surface area (Å²) >= 11 is 0. The van der Waals surface area contributed by atoms with Gasteiger partial charge in [-0.05, 0) is 17.8 Å². The minimum Gasteiger partial charge on any atom is -0.464 e. The number of oxime groups is 2. The van der Waals surface area contributed by atoms with Gasteiger partial charge < -0.3 is 14.4 Å². The Morgan fingerprint density at radius 1 is 1.03 bits per heavy atom. The van der Waals surface area contributed by atoms with Crippen LogP contribution in [0, 0.1) is 16.2 Å². The van der Waals surface area contributed by atoms with Crippen molar-refractivity contribution in [3.63, 3.8) is 0 Å². The summed E-state index contributed by atoms with van der Waals surface area (Å²) in [5, 5.41) is 8.22. The number of benzene rings is 1. The van der Waals surface area contributed by atoms with E-state index in [0.717, 1.165) is 0 Å². The topological polar surface area (TPSA) is 98.9 Å². The van der Waals surface area contributed by atoms with Gasteiger partial charge in [-0.2, -0.15) is 0 Å². The Labute approximate surface area is 183 Å². The molecule has 1 aliphatic carbocycles. The summed E-state index contributed by atoms with van der Waals surface area (Å²) in [6.45, 7) is 12.6. The van der Waals surface area contributed by atoms with Crippen molar-refractivity contribution in [2.75, 3.05) is 14.2 Å².